The molecule has 0 fully saturated rings. The van der Waals surface area contributed by atoms with Gasteiger partial charge in [0.05, 0.1) is 0 Å². The highest BCUT2D eigenvalue weighted by Gasteiger charge is 2.21. The van der Waals surface area contributed by atoms with Crippen molar-refractivity contribution >= 4 is 11.8 Å². The van der Waals surface area contributed by atoms with Gasteiger partial charge in [0.25, 0.3) is 0 Å². The van der Waals surface area contributed by atoms with Crippen LogP contribution in [0.5, 0.6) is 0 Å². The number of thioether (sulfide) groups is 1. The van der Waals surface area contributed by atoms with E-state index in [-0.39, 0.29) is 0 Å². The standard InChI is InChI=1S/C19H23NS/c1-15(11-12-16-7-3-2-4-8-16)20-18-13-14-21-19-10-6-5-9-17(18)19/h2-10,15,18,20H,11-14H2,1H3. The molecule has 0 saturated carbocycles. The second kappa shape index (κ2) is 7.15. The molecule has 0 aromatic heterocycles. The molecule has 2 aromatic carbocycles. The first-order valence-corrected chi connectivity index (χ1v) is 8.83. The van der Waals surface area contributed by atoms with E-state index in [1.165, 1.54) is 34.6 Å². The van der Waals surface area contributed by atoms with E-state index in [0.29, 0.717) is 12.1 Å². The van der Waals surface area contributed by atoms with Gasteiger partial charge in [-0.1, -0.05) is 48.5 Å². The maximum atomic E-state index is 3.83. The average Bonchev–Trinajstić information content (AvgIpc) is 2.54. The summed E-state index contributed by atoms with van der Waals surface area (Å²) >= 11 is 1.99. The summed E-state index contributed by atoms with van der Waals surface area (Å²) < 4.78 is 0. The van der Waals surface area contributed by atoms with Crippen LogP contribution in [0.2, 0.25) is 0 Å². The molecule has 3 rings (SSSR count). The van der Waals surface area contributed by atoms with Crippen LogP contribution in [0.4, 0.5) is 0 Å². The van der Waals surface area contributed by atoms with Gasteiger partial charge in [0, 0.05) is 17.0 Å². The van der Waals surface area contributed by atoms with Gasteiger partial charge in [0.15, 0.2) is 0 Å². The van der Waals surface area contributed by atoms with Gasteiger partial charge >= 0.3 is 0 Å². The van der Waals surface area contributed by atoms with Crippen LogP contribution in [0.3, 0.4) is 0 Å². The van der Waals surface area contributed by atoms with Crippen molar-refractivity contribution in [2.24, 2.45) is 0 Å². The van der Waals surface area contributed by atoms with Gasteiger partial charge < -0.3 is 5.32 Å². The van der Waals surface area contributed by atoms with Gasteiger partial charge in [-0.15, -0.1) is 11.8 Å². The van der Waals surface area contributed by atoms with Gasteiger partial charge in [-0.05, 0) is 49.1 Å². The van der Waals surface area contributed by atoms with Gasteiger partial charge in [-0.2, -0.15) is 0 Å². The zero-order valence-electron chi connectivity index (χ0n) is 12.6. The molecule has 2 atom stereocenters. The predicted octanol–water partition coefficient (Wildman–Crippen LogP) is 4.83. The van der Waals surface area contributed by atoms with Crippen LogP contribution in [0.1, 0.15) is 36.9 Å². The summed E-state index contributed by atoms with van der Waals surface area (Å²) in [5, 5.41) is 3.83. The molecule has 21 heavy (non-hydrogen) atoms. The summed E-state index contributed by atoms with van der Waals surface area (Å²) in [5.41, 5.74) is 2.92. The maximum Gasteiger partial charge on any atom is 0.0341 e. The molecule has 0 amide bonds. The van der Waals surface area contributed by atoms with E-state index in [1.54, 1.807) is 0 Å². The van der Waals surface area contributed by atoms with Crippen LogP contribution >= 0.6 is 11.8 Å². The predicted molar refractivity (Wildman–Crippen MR) is 91.9 cm³/mol. The third-order valence-corrected chi connectivity index (χ3v) is 5.28. The van der Waals surface area contributed by atoms with Crippen molar-refractivity contribution in [1.82, 2.24) is 5.32 Å². The Morgan fingerprint density at radius 2 is 1.86 bits per heavy atom. The summed E-state index contributed by atoms with van der Waals surface area (Å²) in [6, 6.07) is 20.7. The molecule has 110 valence electrons. The average molecular weight is 297 g/mol. The van der Waals surface area contributed by atoms with Crippen LogP contribution < -0.4 is 5.32 Å². The monoisotopic (exact) mass is 297 g/mol. The number of benzene rings is 2. The van der Waals surface area contributed by atoms with Crippen molar-refractivity contribution in [1.29, 1.82) is 0 Å². The molecule has 2 heteroatoms. The van der Waals surface area contributed by atoms with Crippen molar-refractivity contribution in [2.75, 3.05) is 5.75 Å². The van der Waals surface area contributed by atoms with Crippen molar-refractivity contribution < 1.29 is 0 Å². The summed E-state index contributed by atoms with van der Waals surface area (Å²) in [6.07, 6.45) is 3.57. The number of nitrogens with one attached hydrogen (secondary N) is 1. The topological polar surface area (TPSA) is 12.0 Å². The second-order valence-corrected chi connectivity index (χ2v) is 6.96. The molecule has 1 heterocycles. The van der Waals surface area contributed by atoms with Crippen molar-refractivity contribution in [3.8, 4) is 0 Å². The SMILES string of the molecule is CC(CCc1ccccc1)NC1CCSc2ccccc21. The normalized spacial score (nSPS) is 19.0. The Balaban J connectivity index is 1.57. The Bertz CT molecular complexity index is 567. The van der Waals surface area contributed by atoms with Gasteiger partial charge in [-0.3, -0.25) is 0 Å². The van der Waals surface area contributed by atoms with Gasteiger partial charge in [0.1, 0.15) is 0 Å². The Hall–Kier alpha value is -1.25. The molecule has 1 aliphatic heterocycles. The van der Waals surface area contributed by atoms with Crippen LogP contribution in [-0.2, 0) is 6.42 Å². The van der Waals surface area contributed by atoms with E-state index in [9.17, 15) is 0 Å². The van der Waals surface area contributed by atoms with E-state index >= 15 is 0 Å². The number of aryl methyl sites for hydroxylation is 1. The highest BCUT2D eigenvalue weighted by molar-refractivity contribution is 7.99. The van der Waals surface area contributed by atoms with Gasteiger partial charge in [0.2, 0.25) is 0 Å². The van der Waals surface area contributed by atoms with Gasteiger partial charge in [-0.25, -0.2) is 0 Å². The Kier molecular flexibility index (Phi) is 5.00. The molecule has 0 aliphatic carbocycles. The lowest BCUT2D eigenvalue weighted by molar-refractivity contribution is 0.422. The minimum absolute atomic E-state index is 0.522. The zero-order valence-corrected chi connectivity index (χ0v) is 13.4. The first kappa shape index (κ1) is 14.7. The third-order valence-electron chi connectivity index (χ3n) is 4.15. The lowest BCUT2D eigenvalue weighted by Crippen LogP contribution is -2.32. The Morgan fingerprint density at radius 3 is 2.71 bits per heavy atom. The van der Waals surface area contributed by atoms with Crippen LogP contribution in [0.25, 0.3) is 0 Å². The molecule has 1 aliphatic rings. The summed E-state index contributed by atoms with van der Waals surface area (Å²) in [7, 11) is 0. The zero-order chi connectivity index (χ0) is 14.5. The molecule has 1 N–H and O–H groups in total. The third kappa shape index (κ3) is 3.90. The fraction of sp³-hybridized carbons (Fsp3) is 0.368. The number of fused-ring (bicyclic) bond motifs is 1. The minimum Gasteiger partial charge on any atom is -0.307 e. The van der Waals surface area contributed by atoms with Crippen molar-refractivity contribution in [3.05, 3.63) is 65.7 Å². The molecule has 2 aromatic rings. The summed E-state index contributed by atoms with van der Waals surface area (Å²) in [6.45, 7) is 2.31. The maximum absolute atomic E-state index is 3.83. The van der Waals surface area contributed by atoms with Crippen molar-refractivity contribution in [2.45, 2.75) is 43.2 Å². The van der Waals surface area contributed by atoms with E-state index in [4.69, 9.17) is 0 Å². The number of hydrogen-bond acceptors (Lipinski definition) is 2. The largest absolute Gasteiger partial charge is 0.307 e. The summed E-state index contributed by atoms with van der Waals surface area (Å²) in [4.78, 5) is 1.46. The quantitative estimate of drug-likeness (QED) is 0.848. The number of rotatable bonds is 5. The molecule has 2 unspecified atom stereocenters. The van der Waals surface area contributed by atoms with Crippen LogP contribution in [0, 0.1) is 0 Å². The highest BCUT2D eigenvalue weighted by atomic mass is 32.2. The lowest BCUT2D eigenvalue weighted by Gasteiger charge is -2.29. The lowest BCUT2D eigenvalue weighted by atomic mass is 10.0. The van der Waals surface area contributed by atoms with Crippen molar-refractivity contribution in [3.63, 3.8) is 0 Å². The second-order valence-electron chi connectivity index (χ2n) is 5.82. The van der Waals surface area contributed by atoms with E-state index in [0.717, 1.165) is 6.42 Å². The van der Waals surface area contributed by atoms with E-state index in [1.807, 2.05) is 11.8 Å². The Morgan fingerprint density at radius 1 is 1.10 bits per heavy atom. The minimum atomic E-state index is 0.522. The molecular weight excluding hydrogens is 274 g/mol. The molecule has 0 radical (unpaired) electrons. The first-order valence-electron chi connectivity index (χ1n) is 7.84. The van der Waals surface area contributed by atoms with E-state index < -0.39 is 0 Å². The first-order chi connectivity index (χ1) is 10.3. The molecule has 0 bridgehead atoms. The molecule has 0 saturated heterocycles. The molecular formula is C19H23NS. The van der Waals surface area contributed by atoms with Crippen LogP contribution in [-0.4, -0.2) is 11.8 Å². The molecule has 1 nitrogen and oxygen atoms in total. The van der Waals surface area contributed by atoms with E-state index in [2.05, 4.69) is 66.8 Å². The fourth-order valence-corrected chi connectivity index (χ4v) is 4.10. The summed E-state index contributed by atoms with van der Waals surface area (Å²) in [5.74, 6) is 1.22. The fourth-order valence-electron chi connectivity index (χ4n) is 2.97. The molecule has 0 spiro atoms. The Labute approximate surface area is 132 Å². The van der Waals surface area contributed by atoms with Crippen LogP contribution in [0.15, 0.2) is 59.5 Å². The number of hydrogen-bond donors (Lipinski definition) is 1. The smallest absolute Gasteiger partial charge is 0.0341 e. The highest BCUT2D eigenvalue weighted by Crippen LogP contribution is 2.36.